The summed E-state index contributed by atoms with van der Waals surface area (Å²) in [6.45, 7) is 0. The van der Waals surface area contributed by atoms with Gasteiger partial charge in [0.25, 0.3) is 0 Å². The van der Waals surface area contributed by atoms with E-state index in [9.17, 15) is 0 Å². The van der Waals surface area contributed by atoms with Crippen molar-refractivity contribution in [2.24, 2.45) is 0 Å². The van der Waals surface area contributed by atoms with Gasteiger partial charge in [-0.1, -0.05) is 206 Å². The van der Waals surface area contributed by atoms with Crippen molar-refractivity contribution in [3.63, 3.8) is 0 Å². The van der Waals surface area contributed by atoms with Crippen molar-refractivity contribution in [2.45, 2.75) is 0 Å². The highest BCUT2D eigenvalue weighted by Gasteiger charge is 2.25. The zero-order valence-electron chi connectivity index (χ0n) is 53.0. The molecule has 0 amide bonds. The Morgan fingerprint density at radius 2 is 0.650 bits per heavy atom. The van der Waals surface area contributed by atoms with Gasteiger partial charge in [-0.15, -0.1) is 22.7 Å². The Kier molecular flexibility index (Phi) is 13.3. The summed E-state index contributed by atoms with van der Waals surface area (Å²) >= 11 is 3.34. The number of furan rings is 2. The minimum Gasteiger partial charge on any atom is -0.455 e. The third-order valence-corrected chi connectivity index (χ3v) is 20.8. The maximum Gasteiger partial charge on any atom is 0.238 e. The molecule has 0 aliphatic rings. The van der Waals surface area contributed by atoms with Crippen molar-refractivity contribution >= 4 is 131 Å². The molecule has 0 aliphatic heterocycles. The van der Waals surface area contributed by atoms with Crippen LogP contribution in [0, 0.1) is 0 Å². The molecular formula is C86H50N10O2S2. The van der Waals surface area contributed by atoms with E-state index < -0.39 is 0 Å². The molecular weight excluding hydrogens is 1270 g/mol. The van der Waals surface area contributed by atoms with Crippen molar-refractivity contribution in [3.8, 4) is 89.7 Å². The molecule has 12 nitrogen and oxygen atoms in total. The van der Waals surface area contributed by atoms with Crippen molar-refractivity contribution in [3.05, 3.63) is 303 Å². The highest BCUT2D eigenvalue weighted by atomic mass is 32.1. The van der Waals surface area contributed by atoms with Crippen molar-refractivity contribution < 1.29 is 8.83 Å². The third-order valence-electron chi connectivity index (χ3n) is 18.6. The van der Waals surface area contributed by atoms with Crippen LogP contribution in [0.25, 0.3) is 198 Å². The molecule has 0 atom stereocenters. The van der Waals surface area contributed by atoms with Crippen molar-refractivity contribution in [2.75, 3.05) is 0 Å². The first-order chi connectivity index (χ1) is 49.6. The molecule has 0 saturated carbocycles. The summed E-state index contributed by atoms with van der Waals surface area (Å²) < 4.78 is 20.0. The maximum absolute atomic E-state index is 6.65. The minimum absolute atomic E-state index is 0.561. The number of aromatic nitrogens is 10. The highest BCUT2D eigenvalue weighted by Crippen LogP contribution is 2.45. The smallest absolute Gasteiger partial charge is 0.238 e. The fraction of sp³-hybridized carbons (Fsp3) is 0. The summed E-state index contributed by atoms with van der Waals surface area (Å²) in [5.41, 5.74) is 17.0. The Labute approximate surface area is 577 Å². The second-order valence-electron chi connectivity index (χ2n) is 24.5. The SMILES string of the molecule is c1ccc(-c2nc(-c3ccc4c(c3)c3ccccc3n4-c3ccccc3)nc(-c3cccc4oc5c(-c6nc7ccccc7s6)cccc5c34)n2)cc1.c1ccc(-c2nc(-c3cccc4oc5c(-c6nc7ccccc7s6)cccc5c34)nc(-n3c4ccccc4c4ccccc43)n2)cc1. The Morgan fingerprint density at radius 3 is 1.19 bits per heavy atom. The average Bonchev–Trinajstić information content (AvgIpc) is 1.58. The molecule has 14 heteroatoms. The van der Waals surface area contributed by atoms with Crippen LogP contribution in [-0.4, -0.2) is 49.0 Å². The van der Waals surface area contributed by atoms with Crippen LogP contribution < -0.4 is 0 Å². The van der Waals surface area contributed by atoms with E-state index in [1.807, 2.05) is 127 Å². The van der Waals surface area contributed by atoms with Gasteiger partial charge in [-0.3, -0.25) is 4.57 Å². The van der Waals surface area contributed by atoms with E-state index in [2.05, 4.69) is 185 Å². The number of fused-ring (bicyclic) bond motifs is 14. The molecule has 468 valence electrons. The second kappa shape index (κ2) is 23.3. The number of rotatable bonds is 9. The van der Waals surface area contributed by atoms with Gasteiger partial charge in [-0.2, -0.15) is 9.97 Å². The summed E-state index contributed by atoms with van der Waals surface area (Å²) in [4.78, 5) is 40.7. The van der Waals surface area contributed by atoms with Crippen LogP contribution >= 0.6 is 22.7 Å². The van der Waals surface area contributed by atoms with E-state index >= 15 is 0 Å². The first kappa shape index (κ1) is 57.1. The Balaban J connectivity index is 0.000000136. The van der Waals surface area contributed by atoms with Gasteiger partial charge in [0.1, 0.15) is 32.3 Å². The van der Waals surface area contributed by atoms with Crippen molar-refractivity contribution in [1.29, 1.82) is 0 Å². The number of benzene rings is 13. The Hall–Kier alpha value is -13.1. The lowest BCUT2D eigenvalue weighted by Crippen LogP contribution is -2.06. The summed E-state index contributed by atoms with van der Waals surface area (Å²) in [5, 5.41) is 10.4. The topological polar surface area (TPSA) is 139 Å². The zero-order valence-corrected chi connectivity index (χ0v) is 54.6. The molecule has 0 radical (unpaired) electrons. The molecule has 8 aromatic heterocycles. The van der Waals surface area contributed by atoms with Gasteiger partial charge < -0.3 is 13.4 Å². The van der Waals surface area contributed by atoms with Gasteiger partial charge >= 0.3 is 0 Å². The van der Waals surface area contributed by atoms with Crippen LogP contribution in [0.5, 0.6) is 0 Å². The number of nitrogens with zero attached hydrogens (tertiary/aromatic N) is 10. The minimum atomic E-state index is 0.561. The highest BCUT2D eigenvalue weighted by molar-refractivity contribution is 7.22. The quantitative estimate of drug-likeness (QED) is 0.137. The standard InChI is InChI=1S/C46H27N5OS.C40H23N5OS/c1-3-13-28(14-4-1)43-48-44(29-25-26-38-35(27-29)31-17-7-9-22-37(31)51(38)30-15-5-2-6-16-30)50-45(49-43)33-19-12-23-39-41(33)32-18-11-20-34(42(32)52-39)46-47-36-21-8-10-24-40(36)53-46;1-2-12-24(13-3-1)37-42-38(44-40(43-37)45-31-20-7-4-14-25(31)26-15-5-8-21-32(26)45)28-17-11-22-33-35(28)27-16-10-18-29(36(27)46-33)39-41-30-19-6-9-23-34(30)47-39/h1-27H;1-23H. The van der Waals surface area contributed by atoms with Crippen molar-refractivity contribution in [1.82, 2.24) is 49.0 Å². The monoisotopic (exact) mass is 1320 g/mol. The third kappa shape index (κ3) is 9.48. The van der Waals surface area contributed by atoms with Crippen LogP contribution in [0.15, 0.2) is 312 Å². The fourth-order valence-electron chi connectivity index (χ4n) is 14.1. The van der Waals surface area contributed by atoms with E-state index in [1.165, 1.54) is 5.39 Å². The molecule has 0 fully saturated rings. The van der Waals surface area contributed by atoms with Crippen LogP contribution in [-0.2, 0) is 0 Å². The summed E-state index contributed by atoms with van der Waals surface area (Å²) in [7, 11) is 0. The van der Waals surface area contributed by atoms with Gasteiger partial charge in [0.15, 0.2) is 29.1 Å². The van der Waals surface area contributed by atoms with Crippen LogP contribution in [0.2, 0.25) is 0 Å². The normalized spacial score (nSPS) is 11.8. The van der Waals surface area contributed by atoms with E-state index in [0.717, 1.165) is 157 Å². The molecule has 0 N–H and O–H groups in total. The summed E-state index contributed by atoms with van der Waals surface area (Å²) in [6, 6.07) is 104. The van der Waals surface area contributed by atoms with E-state index in [4.69, 9.17) is 48.7 Å². The van der Waals surface area contributed by atoms with Crippen LogP contribution in [0.1, 0.15) is 0 Å². The van der Waals surface area contributed by atoms with E-state index in [0.29, 0.717) is 35.1 Å². The van der Waals surface area contributed by atoms with Gasteiger partial charge in [0.2, 0.25) is 5.95 Å². The number of hydrogen-bond donors (Lipinski definition) is 0. The Bertz CT molecular complexity index is 6690. The lowest BCUT2D eigenvalue weighted by molar-refractivity contribution is 0.669. The molecule has 0 spiro atoms. The predicted octanol–water partition coefficient (Wildman–Crippen LogP) is 22.6. The lowest BCUT2D eigenvalue weighted by atomic mass is 10.0. The number of hydrogen-bond acceptors (Lipinski definition) is 12. The fourth-order valence-corrected chi connectivity index (χ4v) is 16.1. The number of para-hydroxylation sites is 8. The van der Waals surface area contributed by atoms with Crippen LogP contribution in [0.4, 0.5) is 0 Å². The first-order valence-electron chi connectivity index (χ1n) is 32.9. The van der Waals surface area contributed by atoms with Crippen LogP contribution in [0.3, 0.4) is 0 Å². The predicted molar refractivity (Wildman–Crippen MR) is 407 cm³/mol. The lowest BCUT2D eigenvalue weighted by Gasteiger charge is -2.11. The molecule has 21 rings (SSSR count). The van der Waals surface area contributed by atoms with E-state index in [1.54, 1.807) is 22.7 Å². The van der Waals surface area contributed by atoms with Gasteiger partial charge in [-0.25, -0.2) is 29.9 Å². The van der Waals surface area contributed by atoms with Gasteiger partial charge in [0.05, 0.1) is 53.6 Å². The summed E-state index contributed by atoms with van der Waals surface area (Å²) in [5.74, 6) is 3.54. The first-order valence-corrected chi connectivity index (χ1v) is 34.5. The molecule has 0 saturated heterocycles. The average molecular weight is 1320 g/mol. The summed E-state index contributed by atoms with van der Waals surface area (Å²) in [6.07, 6.45) is 0. The zero-order chi connectivity index (χ0) is 65.8. The number of thiazole rings is 2. The maximum atomic E-state index is 6.65. The molecule has 21 aromatic rings. The van der Waals surface area contributed by atoms with Gasteiger partial charge in [-0.05, 0) is 97.1 Å². The molecule has 0 aliphatic carbocycles. The largest absolute Gasteiger partial charge is 0.455 e. The molecule has 8 heterocycles. The second-order valence-corrected chi connectivity index (χ2v) is 26.6. The molecule has 0 bridgehead atoms. The Morgan fingerprint density at radius 1 is 0.260 bits per heavy atom. The van der Waals surface area contributed by atoms with E-state index in [-0.39, 0.29) is 0 Å². The molecule has 13 aromatic carbocycles. The van der Waals surface area contributed by atoms with Gasteiger partial charge in [0, 0.05) is 76.6 Å². The molecule has 100 heavy (non-hydrogen) atoms. The molecule has 0 unspecified atom stereocenters.